The second-order valence-corrected chi connectivity index (χ2v) is 2.22. The molecule has 4 heteroatoms. The van der Waals surface area contributed by atoms with Gasteiger partial charge in [0.05, 0.1) is 4.48 Å². The molecule has 0 saturated carbocycles. The summed E-state index contributed by atoms with van der Waals surface area (Å²) in [5.41, 5.74) is 10.2. The van der Waals surface area contributed by atoms with Crippen LogP contribution in [0.5, 0.6) is 0 Å². The van der Waals surface area contributed by atoms with E-state index in [4.69, 9.17) is 11.5 Å². The Hall–Kier alpha value is -0.770. The van der Waals surface area contributed by atoms with Crippen LogP contribution in [0.1, 0.15) is 0 Å². The summed E-state index contributed by atoms with van der Waals surface area (Å²) in [5, 5.41) is 0. The van der Waals surface area contributed by atoms with Gasteiger partial charge in [0.1, 0.15) is 5.82 Å². The number of nitrogens with two attached hydrogens (primary N) is 2. The van der Waals surface area contributed by atoms with Gasteiger partial charge in [0.25, 0.3) is 0 Å². The summed E-state index contributed by atoms with van der Waals surface area (Å²) >= 11 is 3.10. The van der Waals surface area contributed by atoms with Crippen molar-refractivity contribution in [3.63, 3.8) is 0 Å². The largest absolute Gasteiger partial charge is 0.404 e. The lowest BCUT2D eigenvalue weighted by Gasteiger charge is -1.85. The summed E-state index contributed by atoms with van der Waals surface area (Å²) in [4.78, 5) is 3.66. The van der Waals surface area contributed by atoms with Crippen LogP contribution < -0.4 is 11.5 Å². The standard InChI is InChI=1S/C5H8BrN3/c1-4(8)9-3-5(6)2-7/h2-3H,1,7-8H2/b5-2+,9-3?. The Bertz CT molecular complexity index is 160. The average molecular weight is 190 g/mol. The molecule has 0 rings (SSSR count). The average Bonchev–Trinajstić information content (AvgIpc) is 1.83. The van der Waals surface area contributed by atoms with E-state index in [0.29, 0.717) is 4.48 Å². The minimum atomic E-state index is 0.258. The zero-order valence-corrected chi connectivity index (χ0v) is 6.43. The minimum Gasteiger partial charge on any atom is -0.404 e. The van der Waals surface area contributed by atoms with E-state index in [0.717, 1.165) is 0 Å². The maximum atomic E-state index is 5.11. The van der Waals surface area contributed by atoms with E-state index >= 15 is 0 Å². The van der Waals surface area contributed by atoms with Gasteiger partial charge < -0.3 is 11.5 Å². The molecule has 0 saturated heterocycles. The zero-order chi connectivity index (χ0) is 7.28. The van der Waals surface area contributed by atoms with Crippen molar-refractivity contribution in [2.24, 2.45) is 16.5 Å². The highest BCUT2D eigenvalue weighted by Gasteiger charge is 1.79. The molecule has 0 aromatic heterocycles. The van der Waals surface area contributed by atoms with Crippen molar-refractivity contribution in [2.45, 2.75) is 0 Å². The first kappa shape index (κ1) is 8.23. The Morgan fingerprint density at radius 3 is 2.56 bits per heavy atom. The summed E-state index contributed by atoms with van der Waals surface area (Å²) in [5.74, 6) is 0.258. The van der Waals surface area contributed by atoms with Gasteiger partial charge in [-0.25, -0.2) is 4.99 Å². The van der Waals surface area contributed by atoms with Crippen LogP contribution in [-0.2, 0) is 0 Å². The van der Waals surface area contributed by atoms with E-state index < -0.39 is 0 Å². The van der Waals surface area contributed by atoms with Crippen LogP contribution in [0.15, 0.2) is 28.1 Å². The number of halogens is 1. The molecule has 9 heavy (non-hydrogen) atoms. The van der Waals surface area contributed by atoms with Gasteiger partial charge >= 0.3 is 0 Å². The summed E-state index contributed by atoms with van der Waals surface area (Å²) in [7, 11) is 0. The van der Waals surface area contributed by atoms with Gasteiger partial charge in [0.15, 0.2) is 0 Å². The third kappa shape index (κ3) is 5.10. The molecule has 0 atom stereocenters. The van der Waals surface area contributed by atoms with Crippen LogP contribution >= 0.6 is 15.9 Å². The fourth-order valence-corrected chi connectivity index (χ4v) is 0.290. The molecule has 0 spiro atoms. The highest BCUT2D eigenvalue weighted by Crippen LogP contribution is 1.97. The van der Waals surface area contributed by atoms with Crippen LogP contribution in [0.3, 0.4) is 0 Å². The number of nitrogens with zero attached hydrogens (tertiary/aromatic N) is 1. The predicted octanol–water partition coefficient (Wildman–Crippen LogP) is 0.682. The van der Waals surface area contributed by atoms with Crippen molar-refractivity contribution in [2.75, 3.05) is 0 Å². The zero-order valence-electron chi connectivity index (χ0n) is 4.84. The van der Waals surface area contributed by atoms with E-state index in [-0.39, 0.29) is 5.82 Å². The van der Waals surface area contributed by atoms with Crippen LogP contribution in [0.2, 0.25) is 0 Å². The SMILES string of the molecule is C=C(N)N=C/C(Br)=C\N. The van der Waals surface area contributed by atoms with E-state index in [2.05, 4.69) is 27.5 Å². The fourth-order valence-electron chi connectivity index (χ4n) is 0.188. The molecule has 3 nitrogen and oxygen atoms in total. The molecule has 0 fully saturated rings. The van der Waals surface area contributed by atoms with Crippen LogP contribution in [-0.4, -0.2) is 6.21 Å². The minimum absolute atomic E-state index is 0.258. The van der Waals surface area contributed by atoms with E-state index in [1.165, 1.54) is 12.4 Å². The van der Waals surface area contributed by atoms with Crippen LogP contribution in [0, 0.1) is 0 Å². The van der Waals surface area contributed by atoms with Crippen molar-refractivity contribution >= 4 is 22.1 Å². The Labute approximate surface area is 62.3 Å². The molecule has 0 aliphatic heterocycles. The van der Waals surface area contributed by atoms with Gasteiger partial charge in [-0.1, -0.05) is 6.58 Å². The number of aliphatic imine (C=N–C) groups is 1. The quantitative estimate of drug-likeness (QED) is 0.629. The lowest BCUT2D eigenvalue weighted by atomic mass is 10.6. The first-order valence-electron chi connectivity index (χ1n) is 2.22. The molecule has 0 aromatic carbocycles. The van der Waals surface area contributed by atoms with Crippen LogP contribution in [0.4, 0.5) is 0 Å². The Kier molecular flexibility index (Phi) is 3.79. The third-order valence-corrected chi connectivity index (χ3v) is 0.982. The van der Waals surface area contributed by atoms with Crippen molar-refractivity contribution in [1.82, 2.24) is 0 Å². The monoisotopic (exact) mass is 189 g/mol. The van der Waals surface area contributed by atoms with Crippen molar-refractivity contribution in [3.8, 4) is 0 Å². The molecule has 0 amide bonds. The molecule has 0 radical (unpaired) electrons. The molecule has 0 unspecified atom stereocenters. The topological polar surface area (TPSA) is 64.4 Å². The molecule has 0 aliphatic rings. The summed E-state index contributed by atoms with van der Waals surface area (Å²) < 4.78 is 0.675. The maximum Gasteiger partial charge on any atom is 0.116 e. The predicted molar refractivity (Wildman–Crippen MR) is 43.0 cm³/mol. The number of rotatable bonds is 2. The molecule has 0 heterocycles. The highest BCUT2D eigenvalue weighted by molar-refractivity contribution is 9.12. The van der Waals surface area contributed by atoms with Gasteiger partial charge in [-0.05, 0) is 15.9 Å². The van der Waals surface area contributed by atoms with E-state index in [9.17, 15) is 0 Å². The van der Waals surface area contributed by atoms with E-state index in [1.54, 1.807) is 0 Å². The molecule has 0 aromatic rings. The second kappa shape index (κ2) is 4.14. The van der Waals surface area contributed by atoms with Gasteiger partial charge in [-0.2, -0.15) is 0 Å². The van der Waals surface area contributed by atoms with Crippen molar-refractivity contribution in [1.29, 1.82) is 0 Å². The lowest BCUT2D eigenvalue weighted by Crippen LogP contribution is -1.91. The smallest absolute Gasteiger partial charge is 0.116 e. The third-order valence-electron chi connectivity index (χ3n) is 0.513. The van der Waals surface area contributed by atoms with Crippen molar-refractivity contribution < 1.29 is 0 Å². The maximum absolute atomic E-state index is 5.11. The first-order chi connectivity index (χ1) is 4.16. The highest BCUT2D eigenvalue weighted by atomic mass is 79.9. The van der Waals surface area contributed by atoms with Gasteiger partial charge in [-0.3, -0.25) is 0 Å². The van der Waals surface area contributed by atoms with Gasteiger partial charge in [0, 0.05) is 12.4 Å². The lowest BCUT2D eigenvalue weighted by molar-refractivity contribution is 1.27. The number of hydrogen-bond acceptors (Lipinski definition) is 3. The molecular formula is C5H8BrN3. The Morgan fingerprint density at radius 1 is 1.67 bits per heavy atom. The van der Waals surface area contributed by atoms with Crippen LogP contribution in [0.25, 0.3) is 0 Å². The Morgan fingerprint density at radius 2 is 2.22 bits per heavy atom. The summed E-state index contributed by atoms with van der Waals surface area (Å²) in [6.45, 7) is 3.35. The molecule has 50 valence electrons. The first-order valence-corrected chi connectivity index (χ1v) is 3.02. The molecular weight excluding hydrogens is 182 g/mol. The summed E-state index contributed by atoms with van der Waals surface area (Å²) in [6, 6.07) is 0. The molecule has 0 bridgehead atoms. The molecule has 4 N–H and O–H groups in total. The second-order valence-electron chi connectivity index (χ2n) is 1.30. The van der Waals surface area contributed by atoms with E-state index in [1.807, 2.05) is 0 Å². The van der Waals surface area contributed by atoms with Gasteiger partial charge in [-0.15, -0.1) is 0 Å². The van der Waals surface area contributed by atoms with Crippen molar-refractivity contribution in [3.05, 3.63) is 23.1 Å². The number of allylic oxidation sites excluding steroid dienone is 1. The Balaban J connectivity index is 3.86. The number of hydrogen-bond donors (Lipinski definition) is 2. The summed E-state index contributed by atoms with van der Waals surface area (Å²) in [6.07, 6.45) is 2.84. The van der Waals surface area contributed by atoms with Gasteiger partial charge in [0.2, 0.25) is 0 Å². The fraction of sp³-hybridized carbons (Fsp3) is 0. The molecule has 0 aliphatic carbocycles. The normalized spacial score (nSPS) is 12.3.